The van der Waals surface area contributed by atoms with Gasteiger partial charge in [0.15, 0.2) is 5.82 Å². The lowest BCUT2D eigenvalue weighted by Gasteiger charge is -2.14. The van der Waals surface area contributed by atoms with E-state index in [4.69, 9.17) is 11.6 Å². The maximum atomic E-state index is 13.2. The van der Waals surface area contributed by atoms with E-state index >= 15 is 0 Å². The van der Waals surface area contributed by atoms with Crippen LogP contribution in [0, 0.1) is 6.92 Å². The minimum atomic E-state index is -3.79. The number of halogens is 1. The van der Waals surface area contributed by atoms with E-state index in [1.165, 1.54) is 0 Å². The molecule has 0 atom stereocenters. The lowest BCUT2D eigenvalue weighted by Crippen LogP contribution is -2.24. The molecule has 7 nitrogen and oxygen atoms in total. The second-order valence-electron chi connectivity index (χ2n) is 8.20. The molecule has 0 aliphatic heterocycles. The second-order valence-corrected chi connectivity index (χ2v) is 10.4. The number of aromatic nitrogens is 3. The van der Waals surface area contributed by atoms with Crippen molar-refractivity contribution in [3.63, 3.8) is 0 Å². The topological polar surface area (TPSA) is 96.9 Å². The number of hydrogen-bond donors (Lipinski definition) is 2. The van der Waals surface area contributed by atoms with E-state index in [9.17, 15) is 8.42 Å². The summed E-state index contributed by atoms with van der Waals surface area (Å²) in [6, 6.07) is 25.7. The molecule has 0 aliphatic carbocycles. The third kappa shape index (κ3) is 5.06. The summed E-state index contributed by atoms with van der Waals surface area (Å²) in [5, 5.41) is 14.5. The molecule has 9 heteroatoms. The predicted octanol–water partition coefficient (Wildman–Crippen LogP) is 5.88. The molecule has 0 radical (unpaired) electrons. The molecule has 36 heavy (non-hydrogen) atoms. The molecular formula is C27H22ClN5O2S. The monoisotopic (exact) mass is 515 g/mol. The third-order valence-corrected chi connectivity index (χ3v) is 7.47. The molecular weight excluding hydrogens is 494 g/mol. The molecule has 3 aromatic carbocycles. The molecule has 180 valence electrons. The predicted molar refractivity (Wildman–Crippen MR) is 143 cm³/mol. The maximum Gasteiger partial charge on any atom is 0.241 e. The zero-order chi connectivity index (χ0) is 25.1. The Bertz CT molecular complexity index is 1660. The number of rotatable bonds is 7. The maximum absolute atomic E-state index is 13.2. The standard InChI is InChI=1S/C27H22ClN5O2S/c1-18-12-13-19(15-25(18)36(34,35)30-17-22-8-4-5-14-29-22)26-23-10-2-3-11-24(23)27(33-32-26)31-21-9-6-7-20(28)16-21/h2-16,30H,17H2,1H3,(H,31,33). The van der Waals surface area contributed by atoms with Gasteiger partial charge in [-0.2, -0.15) is 0 Å². The van der Waals surface area contributed by atoms with Crippen LogP contribution in [0.15, 0.2) is 96.0 Å². The Kier molecular flexibility index (Phi) is 6.65. The van der Waals surface area contributed by atoms with Crippen molar-refractivity contribution in [3.8, 4) is 11.3 Å². The van der Waals surface area contributed by atoms with Crippen molar-refractivity contribution in [3.05, 3.63) is 107 Å². The van der Waals surface area contributed by atoms with E-state index < -0.39 is 10.0 Å². The zero-order valence-electron chi connectivity index (χ0n) is 19.3. The van der Waals surface area contributed by atoms with Gasteiger partial charge in [0.25, 0.3) is 0 Å². The van der Waals surface area contributed by atoms with Gasteiger partial charge in [-0.05, 0) is 48.9 Å². The molecule has 2 N–H and O–H groups in total. The Balaban J connectivity index is 1.52. The first-order chi connectivity index (χ1) is 17.4. The molecule has 0 spiro atoms. The van der Waals surface area contributed by atoms with Crippen molar-refractivity contribution in [2.45, 2.75) is 18.4 Å². The van der Waals surface area contributed by atoms with Crippen LogP contribution in [0.2, 0.25) is 5.02 Å². The summed E-state index contributed by atoms with van der Waals surface area (Å²) in [4.78, 5) is 4.36. The number of anilines is 2. The molecule has 0 saturated carbocycles. The van der Waals surface area contributed by atoms with Crippen molar-refractivity contribution in [2.24, 2.45) is 0 Å². The molecule has 5 rings (SSSR count). The summed E-state index contributed by atoms with van der Waals surface area (Å²) < 4.78 is 29.0. The Labute approximate surface area is 214 Å². The fourth-order valence-electron chi connectivity index (χ4n) is 3.90. The Morgan fingerprint density at radius 3 is 2.44 bits per heavy atom. The fraction of sp³-hybridized carbons (Fsp3) is 0.0741. The summed E-state index contributed by atoms with van der Waals surface area (Å²) in [6.07, 6.45) is 1.63. The number of benzene rings is 3. The number of hydrogen-bond acceptors (Lipinski definition) is 6. The van der Waals surface area contributed by atoms with Crippen LogP contribution < -0.4 is 10.0 Å². The van der Waals surface area contributed by atoms with Crippen LogP contribution in [0.5, 0.6) is 0 Å². The highest BCUT2D eigenvalue weighted by molar-refractivity contribution is 7.89. The smallest absolute Gasteiger partial charge is 0.241 e. The van der Waals surface area contributed by atoms with Gasteiger partial charge in [0.1, 0.15) is 5.69 Å². The van der Waals surface area contributed by atoms with Crippen LogP contribution in [0.25, 0.3) is 22.0 Å². The number of pyridine rings is 1. The van der Waals surface area contributed by atoms with Crippen LogP contribution in [0.1, 0.15) is 11.3 Å². The van der Waals surface area contributed by atoms with Crippen LogP contribution in [0.4, 0.5) is 11.5 Å². The van der Waals surface area contributed by atoms with Gasteiger partial charge >= 0.3 is 0 Å². The zero-order valence-corrected chi connectivity index (χ0v) is 20.9. The number of aryl methyl sites for hydroxylation is 1. The van der Waals surface area contributed by atoms with E-state index in [1.54, 1.807) is 49.5 Å². The molecule has 0 saturated heterocycles. The van der Waals surface area contributed by atoms with Crippen LogP contribution in [-0.4, -0.2) is 23.6 Å². The normalized spacial score (nSPS) is 11.5. The van der Waals surface area contributed by atoms with Gasteiger partial charge in [0.2, 0.25) is 10.0 Å². The highest BCUT2D eigenvalue weighted by Gasteiger charge is 2.19. The van der Waals surface area contributed by atoms with Gasteiger partial charge < -0.3 is 5.32 Å². The number of nitrogens with one attached hydrogen (secondary N) is 2. The summed E-state index contributed by atoms with van der Waals surface area (Å²) in [5.41, 5.74) is 3.29. The molecule has 0 bridgehead atoms. The molecule has 2 heterocycles. The van der Waals surface area contributed by atoms with Crippen molar-refractivity contribution < 1.29 is 8.42 Å². The molecule has 5 aromatic rings. The quantitative estimate of drug-likeness (QED) is 0.281. The molecule has 2 aromatic heterocycles. The minimum absolute atomic E-state index is 0.0967. The van der Waals surface area contributed by atoms with Gasteiger partial charge in [-0.1, -0.05) is 60.1 Å². The van der Waals surface area contributed by atoms with Gasteiger partial charge in [-0.25, -0.2) is 13.1 Å². The SMILES string of the molecule is Cc1ccc(-c2nnc(Nc3cccc(Cl)c3)c3ccccc23)cc1S(=O)(=O)NCc1ccccn1. The van der Waals surface area contributed by atoms with E-state index in [0.717, 1.165) is 16.5 Å². The van der Waals surface area contributed by atoms with Crippen LogP contribution in [-0.2, 0) is 16.6 Å². The average Bonchev–Trinajstić information content (AvgIpc) is 2.89. The number of nitrogens with zero attached hydrogens (tertiary/aromatic N) is 3. The lowest BCUT2D eigenvalue weighted by atomic mass is 10.0. The van der Waals surface area contributed by atoms with Gasteiger partial charge in [-0.3, -0.25) is 4.98 Å². The highest BCUT2D eigenvalue weighted by Crippen LogP contribution is 2.33. The van der Waals surface area contributed by atoms with Gasteiger partial charge in [0.05, 0.1) is 17.1 Å². The lowest BCUT2D eigenvalue weighted by molar-refractivity contribution is 0.580. The molecule has 0 aliphatic rings. The van der Waals surface area contributed by atoms with Crippen molar-refractivity contribution in [1.82, 2.24) is 19.9 Å². The first-order valence-electron chi connectivity index (χ1n) is 11.2. The van der Waals surface area contributed by atoms with Crippen LogP contribution in [0.3, 0.4) is 0 Å². The molecule has 0 amide bonds. The van der Waals surface area contributed by atoms with E-state index in [-0.39, 0.29) is 11.4 Å². The Hall–Kier alpha value is -3.85. The fourth-order valence-corrected chi connectivity index (χ4v) is 5.36. The summed E-state index contributed by atoms with van der Waals surface area (Å²) in [7, 11) is -3.79. The number of fused-ring (bicyclic) bond motifs is 1. The summed E-state index contributed by atoms with van der Waals surface area (Å²) >= 11 is 6.12. The largest absolute Gasteiger partial charge is 0.338 e. The molecule has 0 unspecified atom stereocenters. The minimum Gasteiger partial charge on any atom is -0.338 e. The first-order valence-corrected chi connectivity index (χ1v) is 13.1. The Morgan fingerprint density at radius 2 is 1.67 bits per heavy atom. The highest BCUT2D eigenvalue weighted by atomic mass is 35.5. The first kappa shape index (κ1) is 23.9. The van der Waals surface area contributed by atoms with Crippen molar-refractivity contribution >= 4 is 43.9 Å². The average molecular weight is 516 g/mol. The van der Waals surface area contributed by atoms with E-state index in [2.05, 4.69) is 25.2 Å². The third-order valence-electron chi connectivity index (χ3n) is 5.70. The van der Waals surface area contributed by atoms with Gasteiger partial charge in [-0.15, -0.1) is 10.2 Å². The number of sulfonamides is 1. The van der Waals surface area contributed by atoms with E-state index in [1.807, 2.05) is 48.5 Å². The van der Waals surface area contributed by atoms with Crippen molar-refractivity contribution in [2.75, 3.05) is 5.32 Å². The Morgan fingerprint density at radius 1 is 0.861 bits per heavy atom. The summed E-state index contributed by atoms with van der Waals surface area (Å²) in [5.74, 6) is 0.577. The van der Waals surface area contributed by atoms with E-state index in [0.29, 0.717) is 33.4 Å². The second kappa shape index (κ2) is 10.0. The van der Waals surface area contributed by atoms with Crippen molar-refractivity contribution in [1.29, 1.82) is 0 Å². The van der Waals surface area contributed by atoms with Crippen LogP contribution >= 0.6 is 11.6 Å². The van der Waals surface area contributed by atoms with Gasteiger partial charge in [0, 0.05) is 33.2 Å². The molecule has 0 fully saturated rings. The summed E-state index contributed by atoms with van der Waals surface area (Å²) in [6.45, 7) is 1.86.